The normalized spacial score (nSPS) is 21.7. The molecule has 1 aliphatic carbocycles. The molecular formula is C22H26N2O6. The zero-order chi connectivity index (χ0) is 21.8. The van der Waals surface area contributed by atoms with Crippen molar-refractivity contribution in [2.75, 3.05) is 11.9 Å². The molecule has 0 spiro atoms. The van der Waals surface area contributed by atoms with Gasteiger partial charge in [0.05, 0.1) is 11.8 Å². The van der Waals surface area contributed by atoms with E-state index in [2.05, 4.69) is 5.32 Å². The molecule has 1 aromatic rings. The Morgan fingerprint density at radius 3 is 2.17 bits per heavy atom. The molecule has 1 aromatic carbocycles. The number of rotatable bonds is 7. The van der Waals surface area contributed by atoms with E-state index in [1.807, 2.05) is 0 Å². The molecular weight excluding hydrogens is 388 g/mol. The Morgan fingerprint density at radius 2 is 1.63 bits per heavy atom. The van der Waals surface area contributed by atoms with Gasteiger partial charge >= 0.3 is 5.97 Å². The Bertz CT molecular complexity index is 839. The van der Waals surface area contributed by atoms with E-state index >= 15 is 0 Å². The average molecular weight is 414 g/mol. The first kappa shape index (κ1) is 21.7. The monoisotopic (exact) mass is 414 g/mol. The standard InChI is InChI=1S/C22H26N2O6/c1-3-19(26)23-15-10-8-14(9-11-15)18(25)12-30-22(29)13(2)24-20(27)16-6-4-5-7-17(16)21(24)28/h8-11,13,16-17H,3-7,12H2,1-2H3,(H,23,26)/t13-,16-,17-/m0/s1. The number of esters is 1. The first-order chi connectivity index (χ1) is 14.3. The van der Waals surface area contributed by atoms with Gasteiger partial charge in [-0.3, -0.25) is 24.1 Å². The van der Waals surface area contributed by atoms with E-state index in [0.717, 1.165) is 17.7 Å². The fraction of sp³-hybridized carbons (Fsp3) is 0.500. The van der Waals surface area contributed by atoms with Crippen LogP contribution in [0.2, 0.25) is 0 Å². The minimum Gasteiger partial charge on any atom is -0.456 e. The Hall–Kier alpha value is -3.03. The Labute approximate surface area is 174 Å². The van der Waals surface area contributed by atoms with Crippen molar-refractivity contribution < 1.29 is 28.7 Å². The van der Waals surface area contributed by atoms with Crippen LogP contribution in [0, 0.1) is 11.8 Å². The number of imide groups is 1. The molecule has 3 atom stereocenters. The zero-order valence-electron chi connectivity index (χ0n) is 17.2. The summed E-state index contributed by atoms with van der Waals surface area (Å²) in [5.74, 6) is -2.64. The van der Waals surface area contributed by atoms with Crippen LogP contribution < -0.4 is 5.32 Å². The van der Waals surface area contributed by atoms with Crippen LogP contribution in [0.25, 0.3) is 0 Å². The van der Waals surface area contributed by atoms with E-state index in [1.54, 1.807) is 19.1 Å². The third-order valence-electron chi connectivity index (χ3n) is 5.76. The molecule has 1 N–H and O–H groups in total. The summed E-state index contributed by atoms with van der Waals surface area (Å²) >= 11 is 0. The van der Waals surface area contributed by atoms with Crippen LogP contribution in [-0.2, 0) is 23.9 Å². The molecule has 3 rings (SSSR count). The van der Waals surface area contributed by atoms with Crippen molar-refractivity contribution >= 4 is 35.2 Å². The maximum Gasteiger partial charge on any atom is 0.329 e. The van der Waals surface area contributed by atoms with Crippen molar-refractivity contribution in [1.29, 1.82) is 0 Å². The van der Waals surface area contributed by atoms with Crippen molar-refractivity contribution in [2.24, 2.45) is 11.8 Å². The van der Waals surface area contributed by atoms with Gasteiger partial charge in [0.1, 0.15) is 6.04 Å². The Kier molecular flexibility index (Phi) is 6.64. The third kappa shape index (κ3) is 4.42. The van der Waals surface area contributed by atoms with Gasteiger partial charge in [-0.25, -0.2) is 4.79 Å². The lowest BCUT2D eigenvalue weighted by Gasteiger charge is -2.21. The van der Waals surface area contributed by atoms with Crippen molar-refractivity contribution in [2.45, 2.75) is 52.0 Å². The molecule has 2 aliphatic rings. The molecule has 1 heterocycles. The van der Waals surface area contributed by atoms with Crippen LogP contribution in [0.1, 0.15) is 56.3 Å². The number of fused-ring (bicyclic) bond motifs is 1. The maximum absolute atomic E-state index is 12.6. The number of hydrogen-bond acceptors (Lipinski definition) is 6. The Balaban J connectivity index is 1.56. The van der Waals surface area contributed by atoms with E-state index in [9.17, 15) is 24.0 Å². The second kappa shape index (κ2) is 9.19. The molecule has 30 heavy (non-hydrogen) atoms. The minimum absolute atomic E-state index is 0.136. The van der Waals surface area contributed by atoms with E-state index < -0.39 is 24.4 Å². The number of Topliss-reactive ketones (excluding diaryl/α,β-unsaturated/α-hetero) is 1. The van der Waals surface area contributed by atoms with Gasteiger partial charge in [-0.2, -0.15) is 0 Å². The molecule has 8 nitrogen and oxygen atoms in total. The number of benzene rings is 1. The summed E-state index contributed by atoms with van der Waals surface area (Å²) in [5.41, 5.74) is 0.890. The number of hydrogen-bond donors (Lipinski definition) is 1. The predicted octanol–water partition coefficient (Wildman–Crippen LogP) is 2.32. The van der Waals surface area contributed by atoms with E-state index in [0.29, 0.717) is 30.5 Å². The van der Waals surface area contributed by atoms with Crippen LogP contribution in [0.5, 0.6) is 0 Å². The summed E-state index contributed by atoms with van der Waals surface area (Å²) in [6, 6.07) is 5.19. The summed E-state index contributed by atoms with van der Waals surface area (Å²) < 4.78 is 5.09. The molecule has 2 fully saturated rings. The van der Waals surface area contributed by atoms with Crippen molar-refractivity contribution in [3.63, 3.8) is 0 Å². The van der Waals surface area contributed by atoms with Crippen molar-refractivity contribution in [1.82, 2.24) is 4.90 Å². The second-order valence-corrected chi connectivity index (χ2v) is 7.73. The number of amides is 3. The molecule has 1 aliphatic heterocycles. The lowest BCUT2D eigenvalue weighted by molar-refractivity contribution is -0.157. The summed E-state index contributed by atoms with van der Waals surface area (Å²) in [6.07, 6.45) is 3.49. The fourth-order valence-corrected chi connectivity index (χ4v) is 4.00. The fourth-order valence-electron chi connectivity index (χ4n) is 4.00. The number of likely N-dealkylation sites (tertiary alicyclic amines) is 1. The second-order valence-electron chi connectivity index (χ2n) is 7.73. The molecule has 1 saturated carbocycles. The molecule has 1 saturated heterocycles. The summed E-state index contributed by atoms with van der Waals surface area (Å²) in [5, 5.41) is 2.68. The van der Waals surface area contributed by atoms with Crippen molar-refractivity contribution in [3.8, 4) is 0 Å². The van der Waals surface area contributed by atoms with Gasteiger partial charge in [0, 0.05) is 17.7 Å². The molecule has 0 aromatic heterocycles. The number of anilines is 1. The van der Waals surface area contributed by atoms with Crippen LogP contribution in [0.4, 0.5) is 5.69 Å². The van der Waals surface area contributed by atoms with Crippen molar-refractivity contribution in [3.05, 3.63) is 29.8 Å². The largest absolute Gasteiger partial charge is 0.456 e. The number of carbonyl (C=O) groups excluding carboxylic acids is 5. The van der Waals surface area contributed by atoms with Crippen LogP contribution in [0.15, 0.2) is 24.3 Å². The molecule has 8 heteroatoms. The Morgan fingerprint density at radius 1 is 1.07 bits per heavy atom. The lowest BCUT2D eigenvalue weighted by Crippen LogP contribution is -2.44. The van der Waals surface area contributed by atoms with Gasteiger partial charge < -0.3 is 10.1 Å². The van der Waals surface area contributed by atoms with Gasteiger partial charge in [0.25, 0.3) is 0 Å². The first-order valence-electron chi connectivity index (χ1n) is 10.3. The third-order valence-corrected chi connectivity index (χ3v) is 5.76. The number of nitrogens with zero attached hydrogens (tertiary/aromatic N) is 1. The molecule has 160 valence electrons. The van der Waals surface area contributed by atoms with Gasteiger partial charge in [-0.15, -0.1) is 0 Å². The maximum atomic E-state index is 12.6. The highest BCUT2D eigenvalue weighted by Gasteiger charge is 2.51. The molecule has 0 radical (unpaired) electrons. The number of nitrogens with one attached hydrogen (secondary N) is 1. The van der Waals surface area contributed by atoms with Gasteiger partial charge in [-0.1, -0.05) is 19.8 Å². The first-order valence-corrected chi connectivity index (χ1v) is 10.3. The van der Waals surface area contributed by atoms with Crippen LogP contribution >= 0.6 is 0 Å². The summed E-state index contributed by atoms with van der Waals surface area (Å²) in [4.78, 5) is 62.3. The minimum atomic E-state index is -1.06. The highest BCUT2D eigenvalue weighted by atomic mass is 16.5. The van der Waals surface area contributed by atoms with E-state index in [4.69, 9.17) is 4.74 Å². The van der Waals surface area contributed by atoms with Crippen LogP contribution in [0.3, 0.4) is 0 Å². The number of carbonyl (C=O) groups is 5. The predicted molar refractivity (Wildman–Crippen MR) is 107 cm³/mol. The SMILES string of the molecule is CCC(=O)Nc1ccc(C(=O)COC(=O)[C@H](C)N2C(=O)[C@H]3CCCC[C@@H]3C2=O)cc1. The topological polar surface area (TPSA) is 110 Å². The van der Waals surface area contributed by atoms with E-state index in [1.165, 1.54) is 19.1 Å². The van der Waals surface area contributed by atoms with Gasteiger partial charge in [0.15, 0.2) is 12.4 Å². The average Bonchev–Trinajstić information content (AvgIpc) is 3.02. The summed E-state index contributed by atoms with van der Waals surface area (Å²) in [6.45, 7) is 2.69. The molecule has 0 bridgehead atoms. The molecule has 3 amide bonds. The zero-order valence-corrected chi connectivity index (χ0v) is 17.2. The lowest BCUT2D eigenvalue weighted by atomic mass is 9.81. The molecule has 0 unspecified atom stereocenters. The van der Waals surface area contributed by atoms with E-state index in [-0.39, 0.29) is 29.6 Å². The highest BCUT2D eigenvalue weighted by molar-refractivity contribution is 6.08. The highest BCUT2D eigenvalue weighted by Crippen LogP contribution is 2.38. The number of ketones is 1. The van der Waals surface area contributed by atoms with Gasteiger partial charge in [-0.05, 0) is 44.0 Å². The summed E-state index contributed by atoms with van der Waals surface area (Å²) in [7, 11) is 0. The van der Waals surface area contributed by atoms with Crippen LogP contribution in [-0.4, -0.2) is 47.0 Å². The smallest absolute Gasteiger partial charge is 0.329 e. The van der Waals surface area contributed by atoms with Gasteiger partial charge in [0.2, 0.25) is 17.7 Å². The number of ether oxygens (including phenoxy) is 1. The quantitative estimate of drug-likeness (QED) is 0.417.